The van der Waals surface area contributed by atoms with E-state index < -0.39 is 21.2 Å². The first-order valence-electron chi connectivity index (χ1n) is 11.3. The van der Waals surface area contributed by atoms with E-state index in [1.807, 2.05) is 42.5 Å². The SMILES string of the molecule is CC1=NN(c2cccc3ccccc23)C(=O)/C1=C\c1c(C)nn(-c2ccc([N+](=O)[O-])cc2[N+](=O)[O-])c1C. The second-order valence-corrected chi connectivity index (χ2v) is 8.54. The molecule has 1 aromatic heterocycles. The van der Waals surface area contributed by atoms with Gasteiger partial charge in [0.05, 0.1) is 38.6 Å². The lowest BCUT2D eigenvalue weighted by Gasteiger charge is -2.14. The molecule has 37 heavy (non-hydrogen) atoms. The molecule has 0 spiro atoms. The van der Waals surface area contributed by atoms with Crippen LogP contribution in [0.4, 0.5) is 17.1 Å². The molecule has 184 valence electrons. The number of hydrazone groups is 1. The number of nitrogens with zero attached hydrogens (tertiary/aromatic N) is 6. The molecule has 1 aliphatic rings. The van der Waals surface area contributed by atoms with Crippen LogP contribution in [0.25, 0.3) is 22.5 Å². The molecule has 11 heteroatoms. The molecular weight excluding hydrogens is 476 g/mol. The van der Waals surface area contributed by atoms with E-state index in [-0.39, 0.29) is 11.6 Å². The number of nitro groups is 2. The summed E-state index contributed by atoms with van der Waals surface area (Å²) >= 11 is 0. The summed E-state index contributed by atoms with van der Waals surface area (Å²) in [4.78, 5) is 34.9. The van der Waals surface area contributed by atoms with Crippen LogP contribution in [0, 0.1) is 34.1 Å². The first kappa shape index (κ1) is 23.5. The number of benzene rings is 3. The van der Waals surface area contributed by atoms with Crippen molar-refractivity contribution in [3.8, 4) is 5.69 Å². The van der Waals surface area contributed by atoms with Crippen LogP contribution in [0.15, 0.2) is 71.3 Å². The summed E-state index contributed by atoms with van der Waals surface area (Å²) in [6.45, 7) is 5.18. The van der Waals surface area contributed by atoms with E-state index in [0.29, 0.717) is 33.9 Å². The van der Waals surface area contributed by atoms with Gasteiger partial charge in [-0.2, -0.15) is 15.2 Å². The summed E-state index contributed by atoms with van der Waals surface area (Å²) in [5.74, 6) is -0.304. The van der Waals surface area contributed by atoms with Gasteiger partial charge in [0.25, 0.3) is 11.6 Å². The standard InChI is InChI=1S/C26H20N6O5/c1-15-21(17(3)29(27-15)24-12-11-19(31(34)35)13-25(24)32(36)37)14-22-16(2)28-30(26(22)33)23-10-6-8-18-7-4-5-9-20(18)23/h4-14H,1-3H3/b22-14-. The fourth-order valence-corrected chi connectivity index (χ4v) is 4.43. The minimum absolute atomic E-state index is 0.0846. The summed E-state index contributed by atoms with van der Waals surface area (Å²) in [6.07, 6.45) is 1.68. The number of rotatable bonds is 5. The predicted octanol–water partition coefficient (Wildman–Crippen LogP) is 5.26. The Bertz CT molecular complexity index is 1700. The van der Waals surface area contributed by atoms with Gasteiger partial charge in [0.15, 0.2) is 0 Å². The number of amides is 1. The minimum atomic E-state index is -0.691. The second kappa shape index (κ2) is 8.79. The second-order valence-electron chi connectivity index (χ2n) is 8.54. The maximum Gasteiger partial charge on any atom is 0.301 e. The van der Waals surface area contributed by atoms with Crippen molar-refractivity contribution in [1.82, 2.24) is 9.78 Å². The van der Waals surface area contributed by atoms with Crippen molar-refractivity contribution >= 4 is 45.5 Å². The van der Waals surface area contributed by atoms with Gasteiger partial charge in [-0.1, -0.05) is 36.4 Å². The molecule has 1 amide bonds. The van der Waals surface area contributed by atoms with Crippen molar-refractivity contribution in [3.63, 3.8) is 0 Å². The molecule has 0 radical (unpaired) electrons. The average molecular weight is 496 g/mol. The van der Waals surface area contributed by atoms with Crippen LogP contribution in [0.5, 0.6) is 0 Å². The van der Waals surface area contributed by atoms with E-state index in [4.69, 9.17) is 0 Å². The fraction of sp³-hybridized carbons (Fsp3) is 0.115. The van der Waals surface area contributed by atoms with Crippen LogP contribution in [-0.4, -0.2) is 31.2 Å². The number of non-ortho nitro benzene ring substituents is 1. The number of carbonyl (C=O) groups is 1. The Kier molecular flexibility index (Phi) is 5.59. The topological polar surface area (TPSA) is 137 Å². The molecule has 3 aromatic carbocycles. The average Bonchev–Trinajstić information content (AvgIpc) is 3.32. The molecule has 0 fully saturated rings. The zero-order chi connectivity index (χ0) is 26.4. The van der Waals surface area contributed by atoms with Crippen molar-refractivity contribution in [1.29, 1.82) is 0 Å². The molecule has 0 atom stereocenters. The summed E-state index contributed by atoms with van der Waals surface area (Å²) in [5, 5.41) is 35.0. The van der Waals surface area contributed by atoms with Crippen LogP contribution in [0.2, 0.25) is 0 Å². The Morgan fingerprint density at radius 1 is 0.892 bits per heavy atom. The summed E-state index contributed by atoms with van der Waals surface area (Å²) in [6, 6.07) is 16.8. The third kappa shape index (κ3) is 3.92. The number of hydrogen-bond acceptors (Lipinski definition) is 7. The molecule has 0 saturated carbocycles. The Hall–Kier alpha value is -5.19. The first-order valence-corrected chi connectivity index (χ1v) is 11.3. The Morgan fingerprint density at radius 2 is 1.62 bits per heavy atom. The highest BCUT2D eigenvalue weighted by atomic mass is 16.6. The molecular formula is C26H20N6O5. The van der Waals surface area contributed by atoms with E-state index >= 15 is 0 Å². The first-order chi connectivity index (χ1) is 17.7. The van der Waals surface area contributed by atoms with Gasteiger partial charge in [0, 0.05) is 22.7 Å². The van der Waals surface area contributed by atoms with Crippen molar-refractivity contribution in [2.45, 2.75) is 20.8 Å². The van der Waals surface area contributed by atoms with Gasteiger partial charge in [0.1, 0.15) is 5.69 Å². The zero-order valence-corrected chi connectivity index (χ0v) is 20.1. The Balaban J connectivity index is 1.57. The maximum absolute atomic E-state index is 13.5. The number of hydrogen-bond donors (Lipinski definition) is 0. The highest BCUT2D eigenvalue weighted by Crippen LogP contribution is 2.33. The number of aryl methyl sites for hydroxylation is 1. The fourth-order valence-electron chi connectivity index (χ4n) is 4.43. The predicted molar refractivity (Wildman–Crippen MR) is 139 cm³/mol. The molecule has 0 bridgehead atoms. The molecule has 0 saturated heterocycles. The largest absolute Gasteiger partial charge is 0.301 e. The van der Waals surface area contributed by atoms with E-state index in [0.717, 1.165) is 16.8 Å². The van der Waals surface area contributed by atoms with Gasteiger partial charge in [0.2, 0.25) is 0 Å². The van der Waals surface area contributed by atoms with Crippen LogP contribution < -0.4 is 5.01 Å². The Morgan fingerprint density at radius 3 is 2.35 bits per heavy atom. The van der Waals surface area contributed by atoms with E-state index in [1.54, 1.807) is 26.8 Å². The third-order valence-corrected chi connectivity index (χ3v) is 6.29. The molecule has 5 rings (SSSR count). The van der Waals surface area contributed by atoms with Crippen molar-refractivity contribution in [3.05, 3.63) is 103 Å². The number of aromatic nitrogens is 2. The van der Waals surface area contributed by atoms with Crippen molar-refractivity contribution < 1.29 is 14.6 Å². The summed E-state index contributed by atoms with van der Waals surface area (Å²) in [7, 11) is 0. The number of fused-ring (bicyclic) bond motifs is 1. The monoisotopic (exact) mass is 496 g/mol. The van der Waals surface area contributed by atoms with Crippen LogP contribution in [0.3, 0.4) is 0 Å². The highest BCUT2D eigenvalue weighted by Gasteiger charge is 2.31. The molecule has 0 unspecified atom stereocenters. The van der Waals surface area contributed by atoms with Crippen LogP contribution in [0.1, 0.15) is 23.9 Å². The Labute approximate surface area is 210 Å². The van der Waals surface area contributed by atoms with E-state index in [1.165, 1.54) is 21.8 Å². The van der Waals surface area contributed by atoms with Gasteiger partial charge in [-0.3, -0.25) is 25.0 Å². The lowest BCUT2D eigenvalue weighted by molar-refractivity contribution is -0.394. The van der Waals surface area contributed by atoms with Crippen LogP contribution in [-0.2, 0) is 4.79 Å². The smallest absolute Gasteiger partial charge is 0.267 e. The summed E-state index contributed by atoms with van der Waals surface area (Å²) in [5.41, 5.74) is 2.46. The van der Waals surface area contributed by atoms with Crippen molar-refractivity contribution in [2.24, 2.45) is 5.10 Å². The lowest BCUT2D eigenvalue weighted by Crippen LogP contribution is -2.21. The lowest BCUT2D eigenvalue weighted by atomic mass is 10.1. The zero-order valence-electron chi connectivity index (χ0n) is 20.1. The molecule has 1 aliphatic heterocycles. The van der Waals surface area contributed by atoms with Gasteiger partial charge in [-0.15, -0.1) is 0 Å². The van der Waals surface area contributed by atoms with Crippen molar-refractivity contribution in [2.75, 3.05) is 5.01 Å². The molecule has 4 aromatic rings. The minimum Gasteiger partial charge on any atom is -0.267 e. The third-order valence-electron chi connectivity index (χ3n) is 6.29. The maximum atomic E-state index is 13.5. The van der Waals surface area contributed by atoms with E-state index in [9.17, 15) is 25.0 Å². The quantitative estimate of drug-likeness (QED) is 0.210. The van der Waals surface area contributed by atoms with Gasteiger partial charge in [-0.25, -0.2) is 4.68 Å². The normalized spacial score (nSPS) is 14.5. The number of nitro benzene ring substituents is 2. The summed E-state index contributed by atoms with van der Waals surface area (Å²) < 4.78 is 1.36. The molecule has 0 aliphatic carbocycles. The highest BCUT2D eigenvalue weighted by molar-refractivity contribution is 6.33. The van der Waals surface area contributed by atoms with Gasteiger partial charge >= 0.3 is 5.69 Å². The molecule has 0 N–H and O–H groups in total. The molecule has 2 heterocycles. The number of anilines is 1. The van der Waals surface area contributed by atoms with E-state index in [2.05, 4.69) is 10.2 Å². The number of carbonyl (C=O) groups excluding carboxylic acids is 1. The van der Waals surface area contributed by atoms with Crippen LogP contribution >= 0.6 is 0 Å². The van der Waals surface area contributed by atoms with Gasteiger partial charge < -0.3 is 0 Å². The molecule has 11 nitrogen and oxygen atoms in total. The van der Waals surface area contributed by atoms with Gasteiger partial charge in [-0.05, 0) is 44.4 Å².